The molecule has 0 atom stereocenters. The SMILES string of the molecule is COc1ccc(-c2cc(-c3ccccc3)nc(SCC(=O)Nc3ccc(Cl)c([N+](=O)[O-])c3)c2C#N)cc1OC. The lowest BCUT2D eigenvalue weighted by atomic mass is 9.99. The number of ether oxygens (including phenoxy) is 2. The van der Waals surface area contributed by atoms with Crippen molar-refractivity contribution in [3.63, 3.8) is 0 Å². The number of thioether (sulfide) groups is 1. The first kappa shape index (κ1) is 27.4. The summed E-state index contributed by atoms with van der Waals surface area (Å²) in [6.07, 6.45) is 0. The largest absolute Gasteiger partial charge is 0.493 e. The van der Waals surface area contributed by atoms with E-state index in [1.807, 2.05) is 42.5 Å². The highest BCUT2D eigenvalue weighted by Crippen LogP contribution is 2.38. The number of nitro groups is 1. The van der Waals surface area contributed by atoms with E-state index in [0.717, 1.165) is 17.3 Å². The van der Waals surface area contributed by atoms with E-state index in [1.54, 1.807) is 19.2 Å². The summed E-state index contributed by atoms with van der Waals surface area (Å²) in [6, 6.07) is 22.9. The van der Waals surface area contributed by atoms with Gasteiger partial charge in [0.2, 0.25) is 5.91 Å². The molecule has 0 spiro atoms. The number of methoxy groups -OCH3 is 2. The first-order chi connectivity index (χ1) is 18.8. The molecule has 3 aromatic carbocycles. The van der Waals surface area contributed by atoms with Gasteiger partial charge < -0.3 is 14.8 Å². The standard InChI is InChI=1S/C28H21ClN4O5S/c1-37-25-11-8-18(12-26(25)38-2)20-14-23(17-6-4-3-5-7-17)32-28(21(20)15-30)39-16-27(34)31-19-9-10-22(29)24(13-19)33(35)36/h3-14H,16H2,1-2H3,(H,31,34). The number of rotatable bonds is 9. The summed E-state index contributed by atoms with van der Waals surface area (Å²) in [6.45, 7) is 0. The van der Waals surface area contributed by atoms with Crippen molar-refractivity contribution in [1.82, 2.24) is 4.98 Å². The van der Waals surface area contributed by atoms with E-state index in [1.165, 1.54) is 25.3 Å². The predicted molar refractivity (Wildman–Crippen MR) is 150 cm³/mol. The zero-order valence-corrected chi connectivity index (χ0v) is 22.4. The number of nitrogens with zero attached hydrogens (tertiary/aromatic N) is 3. The number of anilines is 1. The van der Waals surface area contributed by atoms with Crippen LogP contribution in [0.4, 0.5) is 11.4 Å². The van der Waals surface area contributed by atoms with Crippen LogP contribution in [0.15, 0.2) is 77.8 Å². The van der Waals surface area contributed by atoms with Gasteiger partial charge in [-0.1, -0.05) is 59.8 Å². The van der Waals surface area contributed by atoms with Crippen molar-refractivity contribution in [2.24, 2.45) is 0 Å². The van der Waals surface area contributed by atoms with Crippen LogP contribution in [-0.4, -0.2) is 35.8 Å². The molecule has 0 radical (unpaired) electrons. The van der Waals surface area contributed by atoms with E-state index in [-0.39, 0.29) is 22.2 Å². The van der Waals surface area contributed by atoms with Gasteiger partial charge in [0.05, 0.1) is 36.2 Å². The van der Waals surface area contributed by atoms with Crippen LogP contribution >= 0.6 is 23.4 Å². The Balaban J connectivity index is 1.69. The molecule has 11 heteroatoms. The minimum absolute atomic E-state index is 0.0318. The molecule has 1 heterocycles. The normalized spacial score (nSPS) is 10.4. The molecule has 0 aliphatic heterocycles. The molecule has 0 saturated carbocycles. The summed E-state index contributed by atoms with van der Waals surface area (Å²) in [5.74, 6) is 0.523. The van der Waals surface area contributed by atoms with Gasteiger partial charge in [-0.2, -0.15) is 5.26 Å². The lowest BCUT2D eigenvalue weighted by Crippen LogP contribution is -2.14. The molecule has 1 N–H and O–H groups in total. The van der Waals surface area contributed by atoms with Gasteiger partial charge in [-0.3, -0.25) is 14.9 Å². The first-order valence-electron chi connectivity index (χ1n) is 11.4. The highest BCUT2D eigenvalue weighted by atomic mass is 35.5. The second-order valence-corrected chi connectivity index (χ2v) is 9.41. The minimum Gasteiger partial charge on any atom is -0.493 e. The maximum absolute atomic E-state index is 12.7. The lowest BCUT2D eigenvalue weighted by molar-refractivity contribution is -0.384. The Labute approximate surface area is 233 Å². The van der Waals surface area contributed by atoms with Crippen molar-refractivity contribution in [3.8, 4) is 40.0 Å². The van der Waals surface area contributed by atoms with Crippen LogP contribution in [0.5, 0.6) is 11.5 Å². The van der Waals surface area contributed by atoms with Gasteiger partial charge >= 0.3 is 0 Å². The number of carbonyl (C=O) groups excluding carboxylic acids is 1. The zero-order valence-electron chi connectivity index (χ0n) is 20.8. The highest BCUT2D eigenvalue weighted by molar-refractivity contribution is 8.00. The Hall–Kier alpha value is -4.59. The summed E-state index contributed by atoms with van der Waals surface area (Å²) >= 11 is 6.94. The minimum atomic E-state index is -0.624. The number of hydrogen-bond acceptors (Lipinski definition) is 8. The van der Waals surface area contributed by atoms with Gasteiger partial charge in [0.15, 0.2) is 11.5 Å². The van der Waals surface area contributed by atoms with Crippen molar-refractivity contribution in [2.45, 2.75) is 5.03 Å². The van der Waals surface area contributed by atoms with Crippen LogP contribution in [0.1, 0.15) is 5.56 Å². The zero-order chi connectivity index (χ0) is 27.9. The maximum atomic E-state index is 12.7. The van der Waals surface area contributed by atoms with Crippen molar-refractivity contribution in [1.29, 1.82) is 5.26 Å². The van der Waals surface area contributed by atoms with Gasteiger partial charge in [-0.05, 0) is 35.9 Å². The van der Waals surface area contributed by atoms with Crippen molar-refractivity contribution in [2.75, 3.05) is 25.3 Å². The van der Waals surface area contributed by atoms with Gasteiger partial charge in [0.1, 0.15) is 16.1 Å². The molecule has 39 heavy (non-hydrogen) atoms. The molecule has 196 valence electrons. The van der Waals surface area contributed by atoms with Crippen LogP contribution in [0, 0.1) is 21.4 Å². The Bertz CT molecular complexity index is 1590. The first-order valence-corrected chi connectivity index (χ1v) is 12.8. The molecule has 1 amide bonds. The molecular weight excluding hydrogens is 540 g/mol. The van der Waals surface area contributed by atoms with Crippen molar-refractivity contribution >= 4 is 40.6 Å². The number of hydrogen-bond donors (Lipinski definition) is 1. The molecular formula is C28H21ClN4O5S. The molecule has 1 aromatic heterocycles. The number of benzene rings is 3. The maximum Gasteiger partial charge on any atom is 0.289 e. The monoisotopic (exact) mass is 560 g/mol. The molecule has 0 aliphatic rings. The number of amides is 1. The fourth-order valence-electron chi connectivity index (χ4n) is 3.78. The Morgan fingerprint density at radius 3 is 2.46 bits per heavy atom. The van der Waals surface area contributed by atoms with Gasteiger partial charge in [-0.25, -0.2) is 4.98 Å². The third kappa shape index (κ3) is 6.29. The summed E-state index contributed by atoms with van der Waals surface area (Å²) in [7, 11) is 3.07. The quantitative estimate of drug-likeness (QED) is 0.138. The third-order valence-electron chi connectivity index (χ3n) is 5.63. The average molecular weight is 561 g/mol. The number of nitrogens with one attached hydrogen (secondary N) is 1. The molecule has 0 aliphatic carbocycles. The van der Waals surface area contributed by atoms with Crippen LogP contribution < -0.4 is 14.8 Å². The van der Waals surface area contributed by atoms with Crippen LogP contribution in [-0.2, 0) is 4.79 Å². The van der Waals surface area contributed by atoms with E-state index in [4.69, 9.17) is 26.1 Å². The molecule has 0 fully saturated rings. The second kappa shape index (κ2) is 12.3. The molecule has 0 unspecified atom stereocenters. The topological polar surface area (TPSA) is 127 Å². The van der Waals surface area contributed by atoms with Crippen LogP contribution in [0.2, 0.25) is 5.02 Å². The second-order valence-electron chi connectivity index (χ2n) is 8.04. The smallest absolute Gasteiger partial charge is 0.289 e. The number of pyridine rings is 1. The number of aromatic nitrogens is 1. The van der Waals surface area contributed by atoms with Crippen molar-refractivity contribution < 1.29 is 19.2 Å². The lowest BCUT2D eigenvalue weighted by Gasteiger charge is -2.14. The number of halogens is 1. The Morgan fingerprint density at radius 2 is 1.79 bits per heavy atom. The number of nitro benzene ring substituents is 1. The number of nitriles is 1. The van der Waals surface area contributed by atoms with E-state index >= 15 is 0 Å². The van der Waals surface area contributed by atoms with E-state index < -0.39 is 10.8 Å². The van der Waals surface area contributed by atoms with Crippen LogP contribution in [0.3, 0.4) is 0 Å². The Morgan fingerprint density at radius 1 is 1.05 bits per heavy atom. The van der Waals surface area contributed by atoms with Gasteiger partial charge in [-0.15, -0.1) is 0 Å². The van der Waals surface area contributed by atoms with E-state index in [0.29, 0.717) is 38.9 Å². The summed E-state index contributed by atoms with van der Waals surface area (Å²) in [5.41, 5.74) is 2.99. The summed E-state index contributed by atoms with van der Waals surface area (Å²) in [5, 5.41) is 24.2. The Kier molecular flexibility index (Phi) is 8.66. The predicted octanol–water partition coefficient (Wildman–Crippen LogP) is 6.60. The van der Waals surface area contributed by atoms with Crippen molar-refractivity contribution in [3.05, 3.63) is 93.5 Å². The fourth-order valence-corrected chi connectivity index (χ4v) is 4.77. The van der Waals surface area contributed by atoms with E-state index in [2.05, 4.69) is 11.4 Å². The highest BCUT2D eigenvalue weighted by Gasteiger charge is 2.19. The molecule has 4 rings (SSSR count). The fraction of sp³-hybridized carbons (Fsp3) is 0.107. The van der Waals surface area contributed by atoms with Gasteiger partial charge in [0, 0.05) is 22.9 Å². The summed E-state index contributed by atoms with van der Waals surface area (Å²) in [4.78, 5) is 28.0. The van der Waals surface area contributed by atoms with Crippen LogP contribution in [0.25, 0.3) is 22.4 Å². The van der Waals surface area contributed by atoms with E-state index in [9.17, 15) is 20.2 Å². The van der Waals surface area contributed by atoms with Gasteiger partial charge in [0.25, 0.3) is 5.69 Å². The molecule has 0 bridgehead atoms. The summed E-state index contributed by atoms with van der Waals surface area (Å²) < 4.78 is 10.8. The average Bonchev–Trinajstić information content (AvgIpc) is 2.96. The molecule has 0 saturated heterocycles. The molecule has 9 nitrogen and oxygen atoms in total. The molecule has 4 aromatic rings. The number of carbonyl (C=O) groups is 1. The third-order valence-corrected chi connectivity index (χ3v) is 6.92.